The number of esters is 2. The molecule has 0 saturated heterocycles. The van der Waals surface area contributed by atoms with Gasteiger partial charge in [0.25, 0.3) is 0 Å². The summed E-state index contributed by atoms with van der Waals surface area (Å²) in [6.45, 7) is 3.87. The van der Waals surface area contributed by atoms with E-state index in [-0.39, 0.29) is 11.9 Å². The Kier molecular flexibility index (Phi) is 6.65. The molecule has 0 N–H and O–H groups in total. The fourth-order valence-corrected chi connectivity index (χ4v) is 3.55. The van der Waals surface area contributed by atoms with E-state index in [4.69, 9.17) is 9.47 Å². The molecule has 0 bridgehead atoms. The topological polar surface area (TPSA) is 52.6 Å². The lowest BCUT2D eigenvalue weighted by Crippen LogP contribution is -2.09. The summed E-state index contributed by atoms with van der Waals surface area (Å²) in [5.74, 6) is 0.198. The molecule has 0 spiro atoms. The summed E-state index contributed by atoms with van der Waals surface area (Å²) in [6, 6.07) is 29.5. The van der Waals surface area contributed by atoms with Crippen LogP contribution in [0.4, 0.5) is 0 Å². The first-order chi connectivity index (χ1) is 16.0. The van der Waals surface area contributed by atoms with Gasteiger partial charge in [-0.25, -0.2) is 9.59 Å². The zero-order chi connectivity index (χ0) is 23.2. The largest absolute Gasteiger partial charge is 0.423 e. The summed E-state index contributed by atoms with van der Waals surface area (Å²) in [4.78, 5) is 24.9. The van der Waals surface area contributed by atoms with Crippen LogP contribution in [0.25, 0.3) is 0 Å². The van der Waals surface area contributed by atoms with Crippen molar-refractivity contribution in [2.24, 2.45) is 0 Å². The minimum atomic E-state index is -0.388. The molecule has 4 aromatic rings. The van der Waals surface area contributed by atoms with Crippen molar-refractivity contribution >= 4 is 11.9 Å². The third kappa shape index (κ3) is 5.95. The summed E-state index contributed by atoms with van der Waals surface area (Å²) < 4.78 is 11.1. The number of rotatable bonds is 6. The molecule has 4 rings (SSSR count). The maximum atomic E-state index is 12.5. The van der Waals surface area contributed by atoms with E-state index in [9.17, 15) is 9.59 Å². The summed E-state index contributed by atoms with van der Waals surface area (Å²) in [5.41, 5.74) is 4.99. The molecule has 0 heterocycles. The average Bonchev–Trinajstić information content (AvgIpc) is 2.79. The molecular formula is C29H24O4. The van der Waals surface area contributed by atoms with Gasteiger partial charge in [-0.15, -0.1) is 0 Å². The Morgan fingerprint density at radius 1 is 0.576 bits per heavy atom. The van der Waals surface area contributed by atoms with E-state index in [2.05, 4.69) is 0 Å². The number of carbonyl (C=O) groups is 2. The van der Waals surface area contributed by atoms with Crippen LogP contribution in [-0.4, -0.2) is 11.9 Å². The van der Waals surface area contributed by atoms with Gasteiger partial charge in [0.2, 0.25) is 0 Å². The van der Waals surface area contributed by atoms with Gasteiger partial charge in [0.15, 0.2) is 0 Å². The molecular weight excluding hydrogens is 412 g/mol. The van der Waals surface area contributed by atoms with Crippen LogP contribution < -0.4 is 9.47 Å². The Morgan fingerprint density at radius 2 is 1.00 bits per heavy atom. The molecule has 0 aliphatic rings. The first-order valence-corrected chi connectivity index (χ1v) is 10.7. The van der Waals surface area contributed by atoms with Crippen molar-refractivity contribution < 1.29 is 19.1 Å². The number of ether oxygens (including phenoxy) is 2. The van der Waals surface area contributed by atoms with Crippen LogP contribution in [0.5, 0.6) is 11.5 Å². The molecule has 164 valence electrons. The van der Waals surface area contributed by atoms with Gasteiger partial charge in [-0.1, -0.05) is 59.7 Å². The van der Waals surface area contributed by atoms with Gasteiger partial charge in [-0.3, -0.25) is 0 Å². The van der Waals surface area contributed by atoms with E-state index in [1.54, 1.807) is 36.4 Å². The molecule has 0 saturated carbocycles. The molecule has 4 aromatic carbocycles. The molecule has 4 nitrogen and oxygen atoms in total. The monoisotopic (exact) mass is 436 g/mol. The normalized spacial score (nSPS) is 10.5. The Morgan fingerprint density at radius 3 is 1.42 bits per heavy atom. The van der Waals surface area contributed by atoms with Gasteiger partial charge in [-0.2, -0.15) is 0 Å². The molecule has 0 aromatic heterocycles. The van der Waals surface area contributed by atoms with E-state index in [0.717, 1.165) is 22.3 Å². The highest BCUT2D eigenvalue weighted by Crippen LogP contribution is 2.21. The van der Waals surface area contributed by atoms with Gasteiger partial charge in [0.05, 0.1) is 11.1 Å². The SMILES string of the molecule is Cc1cccc(C(=O)Oc2cccc(Cc3cccc(OC(=O)c4cccc(C)c4)c3)c2)c1. The molecule has 33 heavy (non-hydrogen) atoms. The lowest BCUT2D eigenvalue weighted by Gasteiger charge is -2.09. The lowest BCUT2D eigenvalue weighted by atomic mass is 10.0. The highest BCUT2D eigenvalue weighted by Gasteiger charge is 2.11. The van der Waals surface area contributed by atoms with E-state index in [1.165, 1.54) is 0 Å². The molecule has 0 aliphatic carbocycles. The van der Waals surface area contributed by atoms with Gasteiger partial charge in [-0.05, 0) is 79.9 Å². The highest BCUT2D eigenvalue weighted by molar-refractivity contribution is 5.91. The second-order valence-electron chi connectivity index (χ2n) is 7.99. The predicted octanol–water partition coefficient (Wildman–Crippen LogP) is 6.33. The molecule has 0 atom stereocenters. The molecule has 4 heteroatoms. The number of carbonyl (C=O) groups excluding carboxylic acids is 2. The second-order valence-corrected chi connectivity index (χ2v) is 7.99. The third-order valence-corrected chi connectivity index (χ3v) is 5.13. The first kappa shape index (κ1) is 22.0. The summed E-state index contributed by atoms with van der Waals surface area (Å²) in [6.07, 6.45) is 0.603. The molecule has 0 amide bonds. The molecule has 0 aliphatic heterocycles. The van der Waals surface area contributed by atoms with E-state index < -0.39 is 0 Å². The second kappa shape index (κ2) is 9.96. The third-order valence-electron chi connectivity index (χ3n) is 5.13. The van der Waals surface area contributed by atoms with E-state index in [0.29, 0.717) is 29.0 Å². The number of aryl methyl sites for hydroxylation is 2. The smallest absolute Gasteiger partial charge is 0.343 e. The average molecular weight is 437 g/mol. The predicted molar refractivity (Wildman–Crippen MR) is 128 cm³/mol. The zero-order valence-electron chi connectivity index (χ0n) is 18.6. The minimum absolute atomic E-state index is 0.388. The fourth-order valence-electron chi connectivity index (χ4n) is 3.55. The van der Waals surface area contributed by atoms with Crippen LogP contribution in [0.3, 0.4) is 0 Å². The van der Waals surface area contributed by atoms with Crippen LogP contribution in [0.1, 0.15) is 43.0 Å². The maximum absolute atomic E-state index is 12.5. The van der Waals surface area contributed by atoms with Gasteiger partial charge in [0, 0.05) is 0 Å². The van der Waals surface area contributed by atoms with Crippen LogP contribution in [-0.2, 0) is 6.42 Å². The van der Waals surface area contributed by atoms with Crippen molar-refractivity contribution in [1.29, 1.82) is 0 Å². The van der Waals surface area contributed by atoms with Crippen LogP contribution >= 0.6 is 0 Å². The number of benzene rings is 4. The Hall–Kier alpha value is -4.18. The lowest BCUT2D eigenvalue weighted by molar-refractivity contribution is 0.0725. The van der Waals surface area contributed by atoms with Gasteiger partial charge in [0.1, 0.15) is 11.5 Å². The Bertz CT molecular complexity index is 1210. The minimum Gasteiger partial charge on any atom is -0.423 e. The summed E-state index contributed by atoms with van der Waals surface area (Å²) in [7, 11) is 0. The fraction of sp³-hybridized carbons (Fsp3) is 0.103. The van der Waals surface area contributed by atoms with Crippen molar-refractivity contribution in [2.75, 3.05) is 0 Å². The zero-order valence-corrected chi connectivity index (χ0v) is 18.6. The van der Waals surface area contributed by atoms with Gasteiger partial charge < -0.3 is 9.47 Å². The van der Waals surface area contributed by atoms with Crippen molar-refractivity contribution in [3.8, 4) is 11.5 Å². The van der Waals surface area contributed by atoms with Crippen molar-refractivity contribution in [3.05, 3.63) is 130 Å². The summed E-state index contributed by atoms with van der Waals surface area (Å²) >= 11 is 0. The van der Waals surface area contributed by atoms with Crippen molar-refractivity contribution in [1.82, 2.24) is 0 Å². The Labute approximate surface area is 193 Å². The highest BCUT2D eigenvalue weighted by atomic mass is 16.5. The number of hydrogen-bond donors (Lipinski definition) is 0. The van der Waals surface area contributed by atoms with Gasteiger partial charge >= 0.3 is 11.9 Å². The van der Waals surface area contributed by atoms with Crippen molar-refractivity contribution in [2.45, 2.75) is 20.3 Å². The van der Waals surface area contributed by atoms with Crippen LogP contribution in [0.15, 0.2) is 97.1 Å². The quantitative estimate of drug-likeness (QED) is 0.262. The van der Waals surface area contributed by atoms with E-state index >= 15 is 0 Å². The van der Waals surface area contributed by atoms with Crippen LogP contribution in [0.2, 0.25) is 0 Å². The van der Waals surface area contributed by atoms with Crippen LogP contribution in [0, 0.1) is 13.8 Å². The summed E-state index contributed by atoms with van der Waals surface area (Å²) in [5, 5.41) is 0. The molecule has 0 fully saturated rings. The maximum Gasteiger partial charge on any atom is 0.343 e. The standard InChI is InChI=1S/C29H24O4/c1-20-7-3-11-24(15-20)28(30)32-26-13-5-9-22(18-26)17-23-10-6-14-27(19-23)33-29(31)25-12-4-8-21(2)16-25/h3-16,18-19H,17H2,1-2H3. The molecule has 0 radical (unpaired) electrons. The van der Waals surface area contributed by atoms with E-state index in [1.807, 2.05) is 74.5 Å². The number of hydrogen-bond acceptors (Lipinski definition) is 4. The van der Waals surface area contributed by atoms with Crippen molar-refractivity contribution in [3.63, 3.8) is 0 Å². The first-order valence-electron chi connectivity index (χ1n) is 10.7. The Balaban J connectivity index is 1.44. The molecule has 0 unspecified atom stereocenters.